The Kier molecular flexibility index (Phi) is 3.51. The van der Waals surface area contributed by atoms with Crippen molar-refractivity contribution < 1.29 is 0 Å². The molecule has 0 amide bonds. The van der Waals surface area contributed by atoms with E-state index in [1.54, 1.807) is 11.1 Å². The lowest BCUT2D eigenvalue weighted by atomic mass is 9.71. The van der Waals surface area contributed by atoms with Gasteiger partial charge < -0.3 is 5.73 Å². The van der Waals surface area contributed by atoms with Crippen LogP contribution in [-0.4, -0.2) is 6.04 Å². The highest BCUT2D eigenvalue weighted by Crippen LogP contribution is 2.47. The SMILES string of the molecule is Cc1ccc2c(c1)CC1(CCC(N)CC1)C2.Cl. The molecule has 1 aromatic rings. The molecule has 1 spiro atoms. The van der Waals surface area contributed by atoms with Crippen molar-refractivity contribution in [3.63, 3.8) is 0 Å². The van der Waals surface area contributed by atoms with E-state index >= 15 is 0 Å². The van der Waals surface area contributed by atoms with Gasteiger partial charge in [-0.15, -0.1) is 12.4 Å². The average molecular weight is 252 g/mol. The van der Waals surface area contributed by atoms with E-state index in [2.05, 4.69) is 25.1 Å². The fourth-order valence-corrected chi connectivity index (χ4v) is 3.57. The Morgan fingerprint density at radius 3 is 2.47 bits per heavy atom. The van der Waals surface area contributed by atoms with Gasteiger partial charge in [-0.1, -0.05) is 23.8 Å². The van der Waals surface area contributed by atoms with Crippen LogP contribution in [0.5, 0.6) is 0 Å². The van der Waals surface area contributed by atoms with E-state index in [9.17, 15) is 0 Å². The predicted octanol–water partition coefficient (Wildman–Crippen LogP) is 3.40. The molecule has 1 fully saturated rings. The third-order valence-corrected chi connectivity index (χ3v) is 4.58. The van der Waals surface area contributed by atoms with Crippen LogP contribution in [0.1, 0.15) is 42.4 Å². The Hall–Kier alpha value is -0.530. The van der Waals surface area contributed by atoms with Crippen LogP contribution in [0.2, 0.25) is 0 Å². The molecule has 0 radical (unpaired) electrons. The highest BCUT2D eigenvalue weighted by molar-refractivity contribution is 5.85. The highest BCUT2D eigenvalue weighted by atomic mass is 35.5. The summed E-state index contributed by atoms with van der Waals surface area (Å²) < 4.78 is 0. The molecule has 2 heteroatoms. The van der Waals surface area contributed by atoms with Gasteiger partial charge in [-0.3, -0.25) is 0 Å². The molecule has 0 atom stereocenters. The van der Waals surface area contributed by atoms with Crippen molar-refractivity contribution >= 4 is 12.4 Å². The van der Waals surface area contributed by atoms with Crippen molar-refractivity contribution in [2.75, 3.05) is 0 Å². The third-order valence-electron chi connectivity index (χ3n) is 4.58. The first kappa shape index (κ1) is 12.9. The van der Waals surface area contributed by atoms with Crippen molar-refractivity contribution in [1.82, 2.24) is 0 Å². The van der Waals surface area contributed by atoms with E-state index < -0.39 is 0 Å². The Balaban J connectivity index is 0.00000108. The molecule has 17 heavy (non-hydrogen) atoms. The maximum atomic E-state index is 6.01. The minimum absolute atomic E-state index is 0. The van der Waals surface area contributed by atoms with Gasteiger partial charge >= 0.3 is 0 Å². The van der Waals surface area contributed by atoms with E-state index in [0.29, 0.717) is 11.5 Å². The second-order valence-electron chi connectivity index (χ2n) is 5.96. The normalized spacial score (nSPS) is 31.1. The monoisotopic (exact) mass is 251 g/mol. The molecule has 2 aliphatic carbocycles. The lowest BCUT2D eigenvalue weighted by Gasteiger charge is -2.36. The van der Waals surface area contributed by atoms with Crippen molar-refractivity contribution in [1.29, 1.82) is 0 Å². The maximum absolute atomic E-state index is 6.01. The fraction of sp³-hybridized carbons (Fsp3) is 0.600. The third kappa shape index (κ3) is 2.36. The second kappa shape index (κ2) is 4.62. The number of nitrogens with two attached hydrogens (primary N) is 1. The summed E-state index contributed by atoms with van der Waals surface area (Å²) in [6.45, 7) is 2.20. The zero-order valence-electron chi connectivity index (χ0n) is 10.5. The molecular weight excluding hydrogens is 230 g/mol. The lowest BCUT2D eigenvalue weighted by molar-refractivity contribution is 0.187. The average Bonchev–Trinajstić information content (AvgIpc) is 2.60. The van der Waals surface area contributed by atoms with Gasteiger partial charge in [0.05, 0.1) is 0 Å². The van der Waals surface area contributed by atoms with Gasteiger partial charge in [0.15, 0.2) is 0 Å². The van der Waals surface area contributed by atoms with Crippen molar-refractivity contribution in [3.05, 3.63) is 34.9 Å². The zero-order chi connectivity index (χ0) is 11.2. The van der Waals surface area contributed by atoms with Gasteiger partial charge in [0, 0.05) is 6.04 Å². The summed E-state index contributed by atoms with van der Waals surface area (Å²) in [5.74, 6) is 0. The summed E-state index contributed by atoms with van der Waals surface area (Å²) in [6.07, 6.45) is 7.73. The largest absolute Gasteiger partial charge is 0.328 e. The number of hydrogen-bond donors (Lipinski definition) is 1. The molecule has 0 bridgehead atoms. The summed E-state index contributed by atoms with van der Waals surface area (Å²) in [4.78, 5) is 0. The van der Waals surface area contributed by atoms with E-state index in [4.69, 9.17) is 5.73 Å². The first-order valence-corrected chi connectivity index (χ1v) is 6.51. The van der Waals surface area contributed by atoms with Gasteiger partial charge in [0.2, 0.25) is 0 Å². The number of fused-ring (bicyclic) bond motifs is 1. The smallest absolute Gasteiger partial charge is 0.00392 e. The fourth-order valence-electron chi connectivity index (χ4n) is 3.57. The quantitative estimate of drug-likeness (QED) is 0.752. The molecule has 2 N–H and O–H groups in total. The van der Waals surface area contributed by atoms with E-state index in [1.165, 1.54) is 44.1 Å². The number of hydrogen-bond acceptors (Lipinski definition) is 1. The minimum atomic E-state index is 0. The summed E-state index contributed by atoms with van der Waals surface area (Å²) in [7, 11) is 0. The molecule has 0 heterocycles. The van der Waals surface area contributed by atoms with Crippen LogP contribution in [0.3, 0.4) is 0 Å². The molecule has 1 nitrogen and oxygen atoms in total. The number of aryl methyl sites for hydroxylation is 1. The molecule has 0 aromatic heterocycles. The Morgan fingerprint density at radius 2 is 1.76 bits per heavy atom. The number of halogens is 1. The van der Waals surface area contributed by atoms with Crippen LogP contribution in [0, 0.1) is 12.3 Å². The Morgan fingerprint density at radius 1 is 1.12 bits per heavy atom. The van der Waals surface area contributed by atoms with Crippen LogP contribution in [0.4, 0.5) is 0 Å². The van der Waals surface area contributed by atoms with E-state index in [0.717, 1.165) is 0 Å². The first-order valence-electron chi connectivity index (χ1n) is 6.51. The summed E-state index contributed by atoms with van der Waals surface area (Å²) >= 11 is 0. The Labute approximate surface area is 110 Å². The molecule has 2 aliphatic rings. The second-order valence-corrected chi connectivity index (χ2v) is 5.96. The lowest BCUT2D eigenvalue weighted by Crippen LogP contribution is -2.34. The van der Waals surface area contributed by atoms with Crippen molar-refractivity contribution in [2.24, 2.45) is 11.1 Å². The van der Waals surface area contributed by atoms with Crippen LogP contribution in [0.15, 0.2) is 18.2 Å². The van der Waals surface area contributed by atoms with Gasteiger partial charge in [-0.25, -0.2) is 0 Å². The first-order chi connectivity index (χ1) is 7.67. The summed E-state index contributed by atoms with van der Waals surface area (Å²) in [5, 5.41) is 0. The number of rotatable bonds is 0. The molecule has 0 aliphatic heterocycles. The minimum Gasteiger partial charge on any atom is -0.328 e. The van der Waals surface area contributed by atoms with E-state index in [-0.39, 0.29) is 12.4 Å². The summed E-state index contributed by atoms with van der Waals surface area (Å²) in [5.41, 5.74) is 11.2. The molecule has 0 unspecified atom stereocenters. The standard InChI is InChI=1S/C15H21N.ClH/c1-11-2-3-12-9-15(10-13(12)8-11)6-4-14(16)5-7-15;/h2-3,8,14H,4-7,9-10,16H2,1H3;1H. The van der Waals surface area contributed by atoms with Gasteiger partial charge in [0.1, 0.15) is 0 Å². The van der Waals surface area contributed by atoms with E-state index in [1.807, 2.05) is 0 Å². The molecule has 3 rings (SSSR count). The van der Waals surface area contributed by atoms with Crippen LogP contribution >= 0.6 is 12.4 Å². The Bertz CT molecular complexity index is 405. The number of benzene rings is 1. The maximum Gasteiger partial charge on any atom is 0.00392 e. The predicted molar refractivity (Wildman–Crippen MR) is 74.7 cm³/mol. The topological polar surface area (TPSA) is 26.0 Å². The molecule has 1 aromatic carbocycles. The summed E-state index contributed by atoms with van der Waals surface area (Å²) in [6, 6.07) is 7.45. The van der Waals surface area contributed by atoms with Gasteiger partial charge in [-0.05, 0) is 62.0 Å². The molecule has 94 valence electrons. The zero-order valence-corrected chi connectivity index (χ0v) is 11.4. The molecule has 1 saturated carbocycles. The highest BCUT2D eigenvalue weighted by Gasteiger charge is 2.39. The molecular formula is C15H22ClN. The van der Waals surface area contributed by atoms with Crippen LogP contribution in [0.25, 0.3) is 0 Å². The van der Waals surface area contributed by atoms with Gasteiger partial charge in [0.25, 0.3) is 0 Å². The van der Waals surface area contributed by atoms with Gasteiger partial charge in [-0.2, -0.15) is 0 Å². The molecule has 0 saturated heterocycles. The van der Waals surface area contributed by atoms with Crippen molar-refractivity contribution in [3.8, 4) is 0 Å². The van der Waals surface area contributed by atoms with Crippen LogP contribution < -0.4 is 5.73 Å². The van der Waals surface area contributed by atoms with Crippen molar-refractivity contribution in [2.45, 2.75) is 51.5 Å². The van der Waals surface area contributed by atoms with Crippen LogP contribution in [-0.2, 0) is 12.8 Å².